The third kappa shape index (κ3) is 3.37. The number of amides is 1. The molecule has 1 aliphatic rings. The average molecular weight is 396 g/mol. The first-order valence-electron chi connectivity index (χ1n) is 8.43. The van der Waals surface area contributed by atoms with E-state index in [4.69, 9.17) is 0 Å². The second kappa shape index (κ2) is 6.84. The highest BCUT2D eigenvalue weighted by Crippen LogP contribution is 2.29. The number of aromatic nitrogens is 1. The quantitative estimate of drug-likeness (QED) is 0.495. The summed E-state index contributed by atoms with van der Waals surface area (Å²) >= 11 is 3.39. The van der Waals surface area contributed by atoms with Crippen molar-refractivity contribution in [1.29, 1.82) is 0 Å². The Balaban J connectivity index is 1.52. The Morgan fingerprint density at radius 3 is 2.76 bits per heavy atom. The Kier molecular flexibility index (Phi) is 4.40. The van der Waals surface area contributed by atoms with Crippen molar-refractivity contribution in [2.75, 3.05) is 0 Å². The molecule has 25 heavy (non-hydrogen) atoms. The molecule has 126 valence electrons. The van der Waals surface area contributed by atoms with Crippen molar-refractivity contribution in [1.82, 2.24) is 10.4 Å². The molecule has 2 aromatic carbocycles. The average Bonchev–Trinajstić information content (AvgIpc) is 3.01. The number of carbonyl (C=O) groups is 1. The van der Waals surface area contributed by atoms with Crippen molar-refractivity contribution < 1.29 is 4.79 Å². The van der Waals surface area contributed by atoms with E-state index >= 15 is 0 Å². The molecule has 1 aromatic heterocycles. The molecule has 4 rings (SSSR count). The highest BCUT2D eigenvalue weighted by atomic mass is 79.9. The van der Waals surface area contributed by atoms with Gasteiger partial charge in [0.1, 0.15) is 0 Å². The van der Waals surface area contributed by atoms with E-state index in [0.717, 1.165) is 28.4 Å². The predicted octanol–water partition coefficient (Wildman–Crippen LogP) is 4.57. The Bertz CT molecular complexity index is 957. The zero-order chi connectivity index (χ0) is 17.2. The SMILES string of the molecule is O=C(N/N=C/c1ccc(Br)cc1)c1ccc2[nH]c3c(c2c1)CCCC3. The van der Waals surface area contributed by atoms with Crippen LogP contribution in [0.15, 0.2) is 52.0 Å². The molecule has 0 saturated heterocycles. The summed E-state index contributed by atoms with van der Waals surface area (Å²) in [5.41, 5.74) is 7.98. The van der Waals surface area contributed by atoms with Crippen LogP contribution in [0.3, 0.4) is 0 Å². The minimum Gasteiger partial charge on any atom is -0.358 e. The molecule has 0 spiro atoms. The van der Waals surface area contributed by atoms with E-state index in [1.165, 1.54) is 29.5 Å². The molecule has 0 fully saturated rings. The third-order valence-electron chi connectivity index (χ3n) is 4.61. The van der Waals surface area contributed by atoms with Gasteiger partial charge in [0, 0.05) is 26.6 Å². The lowest BCUT2D eigenvalue weighted by Gasteiger charge is -2.10. The Hall–Kier alpha value is -2.40. The van der Waals surface area contributed by atoms with Gasteiger partial charge in [0.15, 0.2) is 0 Å². The molecule has 3 aromatic rings. The molecule has 1 heterocycles. The monoisotopic (exact) mass is 395 g/mol. The summed E-state index contributed by atoms with van der Waals surface area (Å²) in [5, 5.41) is 5.22. The van der Waals surface area contributed by atoms with Gasteiger partial charge in [0.25, 0.3) is 5.91 Å². The number of carbonyl (C=O) groups excluding carboxylic acids is 1. The van der Waals surface area contributed by atoms with Crippen LogP contribution >= 0.6 is 15.9 Å². The molecule has 1 amide bonds. The van der Waals surface area contributed by atoms with E-state index in [1.54, 1.807) is 6.21 Å². The summed E-state index contributed by atoms with van der Waals surface area (Å²) in [4.78, 5) is 15.9. The fourth-order valence-corrected chi connectivity index (χ4v) is 3.59. The normalized spacial score (nSPS) is 14.0. The lowest BCUT2D eigenvalue weighted by Crippen LogP contribution is -2.17. The third-order valence-corrected chi connectivity index (χ3v) is 5.14. The van der Waals surface area contributed by atoms with Crippen LogP contribution < -0.4 is 5.43 Å². The number of rotatable bonds is 3. The molecule has 0 radical (unpaired) electrons. The van der Waals surface area contributed by atoms with Gasteiger partial charge in [-0.2, -0.15) is 5.10 Å². The maximum absolute atomic E-state index is 12.4. The molecule has 4 nitrogen and oxygen atoms in total. The molecule has 0 aliphatic heterocycles. The van der Waals surface area contributed by atoms with Crippen LogP contribution in [-0.4, -0.2) is 17.1 Å². The number of benzene rings is 2. The Morgan fingerprint density at radius 1 is 1.12 bits per heavy atom. The van der Waals surface area contributed by atoms with E-state index in [1.807, 2.05) is 42.5 Å². The molecular formula is C20H18BrN3O. The molecule has 0 unspecified atom stereocenters. The highest BCUT2D eigenvalue weighted by Gasteiger charge is 2.16. The van der Waals surface area contributed by atoms with E-state index < -0.39 is 0 Å². The smallest absolute Gasteiger partial charge is 0.271 e. The number of nitrogens with one attached hydrogen (secondary N) is 2. The van der Waals surface area contributed by atoms with Gasteiger partial charge < -0.3 is 4.98 Å². The summed E-state index contributed by atoms with van der Waals surface area (Å²) in [6.45, 7) is 0. The minimum absolute atomic E-state index is 0.193. The zero-order valence-corrected chi connectivity index (χ0v) is 15.3. The van der Waals surface area contributed by atoms with Crippen LogP contribution in [0, 0.1) is 0 Å². The summed E-state index contributed by atoms with van der Waals surface area (Å²) in [7, 11) is 0. The predicted molar refractivity (Wildman–Crippen MR) is 104 cm³/mol. The van der Waals surface area contributed by atoms with E-state index in [2.05, 4.69) is 31.4 Å². The molecule has 0 bridgehead atoms. The first-order chi connectivity index (χ1) is 12.2. The van der Waals surface area contributed by atoms with Gasteiger partial charge in [0.2, 0.25) is 0 Å². The lowest BCUT2D eigenvalue weighted by molar-refractivity contribution is 0.0955. The number of hydrogen-bond acceptors (Lipinski definition) is 2. The van der Waals surface area contributed by atoms with Crippen molar-refractivity contribution in [3.63, 3.8) is 0 Å². The number of hydrogen-bond donors (Lipinski definition) is 2. The second-order valence-electron chi connectivity index (χ2n) is 6.30. The number of halogens is 1. The Morgan fingerprint density at radius 2 is 1.92 bits per heavy atom. The second-order valence-corrected chi connectivity index (χ2v) is 7.22. The highest BCUT2D eigenvalue weighted by molar-refractivity contribution is 9.10. The number of hydrazone groups is 1. The molecular weight excluding hydrogens is 378 g/mol. The van der Waals surface area contributed by atoms with Crippen LogP contribution in [0.25, 0.3) is 10.9 Å². The summed E-state index contributed by atoms with van der Waals surface area (Å²) in [5.74, 6) is -0.193. The van der Waals surface area contributed by atoms with Gasteiger partial charge in [-0.15, -0.1) is 0 Å². The van der Waals surface area contributed by atoms with Gasteiger partial charge in [-0.3, -0.25) is 4.79 Å². The number of nitrogens with zero attached hydrogens (tertiary/aromatic N) is 1. The van der Waals surface area contributed by atoms with Crippen LogP contribution in [0.2, 0.25) is 0 Å². The van der Waals surface area contributed by atoms with E-state index in [-0.39, 0.29) is 5.91 Å². The number of H-pyrrole nitrogens is 1. The largest absolute Gasteiger partial charge is 0.358 e. The van der Waals surface area contributed by atoms with Gasteiger partial charge in [-0.05, 0) is 67.1 Å². The van der Waals surface area contributed by atoms with Crippen LogP contribution in [0.1, 0.15) is 40.0 Å². The number of aromatic amines is 1. The van der Waals surface area contributed by atoms with Crippen molar-refractivity contribution >= 4 is 39.0 Å². The van der Waals surface area contributed by atoms with Gasteiger partial charge >= 0.3 is 0 Å². The molecule has 1 aliphatic carbocycles. The minimum atomic E-state index is -0.193. The molecule has 0 atom stereocenters. The zero-order valence-electron chi connectivity index (χ0n) is 13.7. The number of fused-ring (bicyclic) bond motifs is 3. The van der Waals surface area contributed by atoms with Crippen LogP contribution in [0.4, 0.5) is 0 Å². The topological polar surface area (TPSA) is 57.2 Å². The summed E-state index contributed by atoms with van der Waals surface area (Å²) in [6.07, 6.45) is 6.28. The van der Waals surface area contributed by atoms with Gasteiger partial charge in [-0.25, -0.2) is 5.43 Å². The van der Waals surface area contributed by atoms with E-state index in [0.29, 0.717) is 5.56 Å². The van der Waals surface area contributed by atoms with Crippen molar-refractivity contribution in [3.8, 4) is 0 Å². The van der Waals surface area contributed by atoms with Crippen LogP contribution in [0.5, 0.6) is 0 Å². The van der Waals surface area contributed by atoms with Crippen LogP contribution in [-0.2, 0) is 12.8 Å². The molecule has 5 heteroatoms. The first-order valence-corrected chi connectivity index (χ1v) is 9.22. The maximum Gasteiger partial charge on any atom is 0.271 e. The fraction of sp³-hybridized carbons (Fsp3) is 0.200. The van der Waals surface area contributed by atoms with Crippen molar-refractivity contribution in [2.45, 2.75) is 25.7 Å². The van der Waals surface area contributed by atoms with Crippen molar-refractivity contribution in [2.24, 2.45) is 5.10 Å². The molecule has 0 saturated carbocycles. The first kappa shape index (κ1) is 16.1. The lowest BCUT2D eigenvalue weighted by atomic mass is 9.95. The van der Waals surface area contributed by atoms with Gasteiger partial charge in [0.05, 0.1) is 6.21 Å². The van der Waals surface area contributed by atoms with Gasteiger partial charge in [-0.1, -0.05) is 28.1 Å². The van der Waals surface area contributed by atoms with Crippen molar-refractivity contribution in [3.05, 3.63) is 69.3 Å². The standard InChI is InChI=1S/C20H18BrN3O/c21-15-8-5-13(6-9-15)12-22-24-20(25)14-7-10-19-17(11-14)16-3-1-2-4-18(16)23-19/h5-12,23H,1-4H2,(H,24,25)/b22-12+. The Labute approximate surface area is 154 Å². The number of aryl methyl sites for hydroxylation is 2. The summed E-state index contributed by atoms with van der Waals surface area (Å²) < 4.78 is 1.01. The summed E-state index contributed by atoms with van der Waals surface area (Å²) in [6, 6.07) is 13.5. The fourth-order valence-electron chi connectivity index (χ4n) is 3.33. The maximum atomic E-state index is 12.4. The molecule has 2 N–H and O–H groups in total. The van der Waals surface area contributed by atoms with E-state index in [9.17, 15) is 4.79 Å².